The van der Waals surface area contributed by atoms with Crippen molar-refractivity contribution in [3.05, 3.63) is 93.4 Å². The number of pyridine rings is 1. The molecular formula is C25H21N3O6. The van der Waals surface area contributed by atoms with Gasteiger partial charge in [0.2, 0.25) is 0 Å². The zero-order valence-corrected chi connectivity index (χ0v) is 18.7. The Morgan fingerprint density at radius 3 is 2.09 bits per heavy atom. The lowest BCUT2D eigenvalue weighted by Crippen LogP contribution is -2.23. The van der Waals surface area contributed by atoms with Crippen molar-refractivity contribution in [1.82, 2.24) is 14.8 Å². The summed E-state index contributed by atoms with van der Waals surface area (Å²) in [4.78, 5) is 56.7. The molecule has 0 saturated heterocycles. The van der Waals surface area contributed by atoms with Crippen LogP contribution in [0.2, 0.25) is 0 Å². The summed E-state index contributed by atoms with van der Waals surface area (Å²) in [5.74, 6) is -3.11. The first-order valence-corrected chi connectivity index (χ1v) is 10.4. The first-order chi connectivity index (χ1) is 16.4. The Morgan fingerprint density at radius 2 is 1.50 bits per heavy atom. The Kier molecular flexibility index (Phi) is 6.09. The number of carbonyl (C=O) groups excluding carboxylic acids is 3. The predicted octanol–water partition coefficient (Wildman–Crippen LogP) is 3.27. The monoisotopic (exact) mass is 459 g/mol. The van der Waals surface area contributed by atoms with Gasteiger partial charge < -0.3 is 9.47 Å². The number of aromatic amines is 1. The molecule has 4 aromatic rings. The molecule has 172 valence electrons. The average molecular weight is 459 g/mol. The summed E-state index contributed by atoms with van der Waals surface area (Å²) in [7, 11) is 2.32. The lowest BCUT2D eigenvalue weighted by molar-refractivity contribution is 0.0591. The molecule has 0 spiro atoms. The molecule has 34 heavy (non-hydrogen) atoms. The second kappa shape index (κ2) is 9.14. The van der Waals surface area contributed by atoms with Gasteiger partial charge in [0.25, 0.3) is 5.56 Å². The first kappa shape index (κ1) is 22.7. The number of esters is 2. The molecule has 0 unspecified atom stereocenters. The van der Waals surface area contributed by atoms with E-state index in [0.29, 0.717) is 11.3 Å². The number of rotatable bonds is 6. The molecule has 2 aromatic carbocycles. The lowest BCUT2D eigenvalue weighted by Gasteiger charge is -2.18. The number of nitrogens with one attached hydrogen (secondary N) is 1. The van der Waals surface area contributed by atoms with Gasteiger partial charge in [-0.1, -0.05) is 55.5 Å². The summed E-state index contributed by atoms with van der Waals surface area (Å²) in [6, 6.07) is 17.1. The van der Waals surface area contributed by atoms with Crippen molar-refractivity contribution in [2.45, 2.75) is 12.8 Å². The summed E-state index contributed by atoms with van der Waals surface area (Å²) in [6.07, 6.45) is 0. The minimum Gasteiger partial charge on any atom is -0.465 e. The average Bonchev–Trinajstić information content (AvgIpc) is 3.22. The molecule has 0 aliphatic heterocycles. The summed E-state index contributed by atoms with van der Waals surface area (Å²) in [6.45, 7) is 1.54. The van der Waals surface area contributed by atoms with E-state index < -0.39 is 23.4 Å². The Morgan fingerprint density at radius 1 is 0.912 bits per heavy atom. The third-order valence-corrected chi connectivity index (χ3v) is 5.54. The number of para-hydroxylation sites is 1. The highest BCUT2D eigenvalue weighted by atomic mass is 16.5. The molecule has 1 N–H and O–H groups in total. The number of carbonyl (C=O) groups is 3. The molecule has 0 fully saturated rings. The topological polar surface area (TPSA) is 120 Å². The van der Waals surface area contributed by atoms with Crippen LogP contribution in [0.1, 0.15) is 49.6 Å². The number of methoxy groups -OCH3 is 2. The minimum atomic E-state index is -1.01. The number of ketones is 1. The molecule has 0 amide bonds. The van der Waals surface area contributed by atoms with Crippen molar-refractivity contribution in [3.63, 3.8) is 0 Å². The number of hydrogen-bond acceptors (Lipinski definition) is 7. The van der Waals surface area contributed by atoms with Crippen molar-refractivity contribution >= 4 is 28.8 Å². The third kappa shape index (κ3) is 3.77. The van der Waals surface area contributed by atoms with Gasteiger partial charge in [-0.15, -0.1) is 0 Å². The van der Waals surface area contributed by atoms with Crippen molar-refractivity contribution in [2.24, 2.45) is 0 Å². The van der Waals surface area contributed by atoms with Crippen molar-refractivity contribution < 1.29 is 23.9 Å². The fraction of sp³-hybridized carbons (Fsp3) is 0.160. The predicted molar refractivity (Wildman–Crippen MR) is 124 cm³/mol. The van der Waals surface area contributed by atoms with Gasteiger partial charge in [-0.05, 0) is 12.1 Å². The van der Waals surface area contributed by atoms with Gasteiger partial charge in [-0.2, -0.15) is 0 Å². The number of aromatic nitrogens is 3. The van der Waals surface area contributed by atoms with Gasteiger partial charge in [-0.3, -0.25) is 14.7 Å². The van der Waals surface area contributed by atoms with Crippen LogP contribution >= 0.6 is 0 Å². The van der Waals surface area contributed by atoms with Crippen LogP contribution in [0.5, 0.6) is 0 Å². The van der Waals surface area contributed by atoms with Crippen molar-refractivity contribution in [3.8, 4) is 5.69 Å². The van der Waals surface area contributed by atoms with Crippen LogP contribution in [0.25, 0.3) is 16.7 Å². The fourth-order valence-corrected chi connectivity index (χ4v) is 3.89. The SMILES string of the molecule is COC(=O)c1nc2[nH]n(-c3ccccc3)c(=O)c2c(C(=O)OC)c1[C@@H](C)C(=O)c1ccccc1. The van der Waals surface area contributed by atoms with Gasteiger partial charge in [0, 0.05) is 17.0 Å². The van der Waals surface area contributed by atoms with Gasteiger partial charge in [0.05, 0.1) is 25.5 Å². The van der Waals surface area contributed by atoms with Crippen LogP contribution in [0.15, 0.2) is 65.5 Å². The highest BCUT2D eigenvalue weighted by molar-refractivity contribution is 6.11. The minimum absolute atomic E-state index is 0.0160. The maximum atomic E-state index is 13.4. The van der Waals surface area contributed by atoms with E-state index in [9.17, 15) is 19.2 Å². The van der Waals surface area contributed by atoms with Gasteiger partial charge in [0.15, 0.2) is 17.1 Å². The van der Waals surface area contributed by atoms with Crippen LogP contribution in [-0.2, 0) is 9.47 Å². The van der Waals surface area contributed by atoms with Crippen LogP contribution < -0.4 is 5.56 Å². The Hall–Kier alpha value is -4.53. The smallest absolute Gasteiger partial charge is 0.357 e. The number of H-pyrrole nitrogens is 1. The van der Waals surface area contributed by atoms with Gasteiger partial charge in [0.1, 0.15) is 5.39 Å². The zero-order chi connectivity index (χ0) is 24.4. The molecule has 0 radical (unpaired) electrons. The normalized spacial score (nSPS) is 11.7. The Labute approximate surface area is 193 Å². The summed E-state index contributed by atoms with van der Waals surface area (Å²) < 4.78 is 11.1. The molecule has 0 aliphatic rings. The molecule has 9 nitrogen and oxygen atoms in total. The summed E-state index contributed by atoms with van der Waals surface area (Å²) in [5.41, 5.74) is -0.220. The van der Waals surface area contributed by atoms with E-state index in [1.165, 1.54) is 4.68 Å². The summed E-state index contributed by atoms with van der Waals surface area (Å²) in [5, 5.41) is 2.75. The quantitative estimate of drug-likeness (QED) is 0.347. The second-order valence-electron chi connectivity index (χ2n) is 7.50. The molecule has 0 bridgehead atoms. The van der Waals surface area contributed by atoms with Crippen LogP contribution in [-0.4, -0.2) is 46.7 Å². The van der Waals surface area contributed by atoms with Crippen molar-refractivity contribution in [1.29, 1.82) is 0 Å². The van der Waals surface area contributed by atoms with Gasteiger partial charge >= 0.3 is 11.9 Å². The van der Waals surface area contributed by atoms with Crippen LogP contribution in [0.4, 0.5) is 0 Å². The Bertz CT molecular complexity index is 1460. The van der Waals surface area contributed by atoms with Crippen LogP contribution in [0.3, 0.4) is 0 Å². The second-order valence-corrected chi connectivity index (χ2v) is 7.50. The largest absolute Gasteiger partial charge is 0.465 e. The maximum Gasteiger partial charge on any atom is 0.357 e. The van der Waals surface area contributed by atoms with Crippen molar-refractivity contribution in [2.75, 3.05) is 14.2 Å². The molecular weight excluding hydrogens is 438 g/mol. The lowest BCUT2D eigenvalue weighted by atomic mass is 9.87. The molecule has 1 atom stereocenters. The van der Waals surface area contributed by atoms with E-state index in [-0.39, 0.29) is 33.6 Å². The zero-order valence-electron chi connectivity index (χ0n) is 18.7. The molecule has 2 heterocycles. The number of nitrogens with zero attached hydrogens (tertiary/aromatic N) is 2. The number of Topliss-reactive ketones (excluding diaryl/α,β-unsaturated/α-hetero) is 1. The highest BCUT2D eigenvalue weighted by Gasteiger charge is 2.34. The third-order valence-electron chi connectivity index (χ3n) is 5.54. The van der Waals surface area contributed by atoms with Gasteiger partial charge in [-0.25, -0.2) is 19.3 Å². The number of ether oxygens (including phenoxy) is 2. The van der Waals surface area contributed by atoms with E-state index in [1.807, 2.05) is 0 Å². The molecule has 0 aliphatic carbocycles. The number of hydrogen-bond donors (Lipinski definition) is 1. The van der Waals surface area contributed by atoms with E-state index >= 15 is 0 Å². The van der Waals surface area contributed by atoms with E-state index in [0.717, 1.165) is 14.2 Å². The first-order valence-electron chi connectivity index (χ1n) is 10.4. The fourth-order valence-electron chi connectivity index (χ4n) is 3.89. The number of benzene rings is 2. The standard InChI is InChI=1S/C25H21N3O6/c1-14(21(29)15-10-6-4-7-11-15)17-18(24(31)33-2)19-22(26-20(17)25(32)34-3)27-28(23(19)30)16-12-8-5-9-13-16/h4-14H,1-3H3,(H,26,27)/t14-/m1/s1. The molecule has 4 rings (SSSR count). The summed E-state index contributed by atoms with van der Waals surface area (Å²) >= 11 is 0. The molecule has 0 saturated carbocycles. The van der Waals surface area contributed by atoms with Crippen LogP contribution in [0, 0.1) is 0 Å². The maximum absolute atomic E-state index is 13.4. The Balaban J connectivity index is 2.08. The highest BCUT2D eigenvalue weighted by Crippen LogP contribution is 2.31. The number of fused-ring (bicyclic) bond motifs is 1. The van der Waals surface area contributed by atoms with E-state index in [2.05, 4.69) is 10.1 Å². The molecule has 2 aromatic heterocycles. The molecule has 9 heteroatoms. The van der Waals surface area contributed by atoms with E-state index in [4.69, 9.17) is 9.47 Å². The van der Waals surface area contributed by atoms with E-state index in [1.54, 1.807) is 67.6 Å².